The van der Waals surface area contributed by atoms with Gasteiger partial charge < -0.3 is 11.5 Å². The summed E-state index contributed by atoms with van der Waals surface area (Å²) in [6, 6.07) is 1.62. The van der Waals surface area contributed by atoms with Gasteiger partial charge in [0, 0.05) is 25.7 Å². The topological polar surface area (TPSA) is 86.4 Å². The minimum absolute atomic E-state index is 0.193. The molecule has 0 aliphatic heterocycles. The Morgan fingerprint density at radius 3 is 2.80 bits per heavy atom. The Hall–Kier alpha value is -2.04. The van der Waals surface area contributed by atoms with Crippen molar-refractivity contribution >= 4 is 17.6 Å². The van der Waals surface area contributed by atoms with E-state index in [9.17, 15) is 4.79 Å². The summed E-state index contributed by atoms with van der Waals surface area (Å²) in [5.74, 6) is 0. The lowest BCUT2D eigenvalue weighted by atomic mass is 10.3. The number of rotatable bonds is 2. The van der Waals surface area contributed by atoms with E-state index in [0.29, 0.717) is 5.70 Å². The molecule has 0 saturated heterocycles. The predicted molar refractivity (Wildman–Crippen MR) is 62.7 cm³/mol. The predicted octanol–water partition coefficient (Wildman–Crippen LogP) is 0.197. The zero-order valence-electron chi connectivity index (χ0n) is 8.77. The number of hydrogen-bond donors (Lipinski definition) is 2. The molecule has 0 saturated carbocycles. The van der Waals surface area contributed by atoms with Crippen molar-refractivity contribution in [2.24, 2.45) is 10.7 Å². The molecule has 0 unspecified atom stereocenters. The van der Waals surface area contributed by atoms with Gasteiger partial charge in [-0.25, -0.2) is 0 Å². The Morgan fingerprint density at radius 2 is 2.27 bits per heavy atom. The second-order valence-corrected chi connectivity index (χ2v) is 3.13. The lowest BCUT2D eigenvalue weighted by Gasteiger charge is -2.07. The Kier molecular flexibility index (Phi) is 3.28. The molecule has 80 valence electrons. The van der Waals surface area contributed by atoms with E-state index in [-0.39, 0.29) is 11.2 Å². The second kappa shape index (κ2) is 4.45. The Morgan fingerprint density at radius 1 is 1.60 bits per heavy atom. The average molecular weight is 206 g/mol. The van der Waals surface area contributed by atoms with Gasteiger partial charge >= 0.3 is 0 Å². The number of aromatic nitrogens is 1. The molecule has 0 aromatic carbocycles. The maximum atomic E-state index is 11.7. The maximum Gasteiger partial charge on any atom is 0.278 e. The van der Waals surface area contributed by atoms with Crippen molar-refractivity contribution in [3.8, 4) is 0 Å². The molecular weight excluding hydrogens is 192 g/mol. The molecule has 0 fully saturated rings. The van der Waals surface area contributed by atoms with Crippen molar-refractivity contribution in [3.05, 3.63) is 34.4 Å². The van der Waals surface area contributed by atoms with Gasteiger partial charge in [0.2, 0.25) is 0 Å². The number of aryl methyl sites for hydroxylation is 1. The smallest absolute Gasteiger partial charge is 0.278 e. The monoisotopic (exact) mass is 206 g/mol. The van der Waals surface area contributed by atoms with Gasteiger partial charge in [0.15, 0.2) is 0 Å². The summed E-state index contributed by atoms with van der Waals surface area (Å²) in [6.07, 6.45) is 4.48. The van der Waals surface area contributed by atoms with Gasteiger partial charge in [0.25, 0.3) is 5.56 Å². The van der Waals surface area contributed by atoms with Crippen LogP contribution in [0.1, 0.15) is 5.56 Å². The van der Waals surface area contributed by atoms with Gasteiger partial charge in [-0.1, -0.05) is 0 Å². The first kappa shape index (κ1) is 11.0. The van der Waals surface area contributed by atoms with Crippen molar-refractivity contribution in [2.75, 3.05) is 12.8 Å². The molecule has 1 heterocycles. The molecule has 1 rings (SSSR count). The number of nitrogens with two attached hydrogens (primary N) is 2. The van der Waals surface area contributed by atoms with Gasteiger partial charge in [-0.05, 0) is 18.6 Å². The first-order valence-electron chi connectivity index (χ1n) is 4.43. The van der Waals surface area contributed by atoms with Crippen molar-refractivity contribution in [1.82, 2.24) is 4.57 Å². The van der Waals surface area contributed by atoms with Crippen LogP contribution in [-0.4, -0.2) is 17.8 Å². The molecule has 5 heteroatoms. The van der Waals surface area contributed by atoms with Crippen LogP contribution < -0.4 is 17.0 Å². The number of allylic oxidation sites excluding steroid dienone is 1. The fourth-order valence-corrected chi connectivity index (χ4v) is 1.26. The number of hydrogen-bond acceptors (Lipinski definition) is 4. The first-order chi connectivity index (χ1) is 7.10. The van der Waals surface area contributed by atoms with Crippen molar-refractivity contribution < 1.29 is 0 Å². The molecule has 4 N–H and O–H groups in total. The lowest BCUT2D eigenvalue weighted by molar-refractivity contribution is 1.02. The summed E-state index contributed by atoms with van der Waals surface area (Å²) in [7, 11) is 1.60. The average Bonchev–Trinajstić information content (AvgIpc) is 2.20. The van der Waals surface area contributed by atoms with E-state index in [1.54, 1.807) is 19.3 Å². The molecule has 15 heavy (non-hydrogen) atoms. The van der Waals surface area contributed by atoms with Gasteiger partial charge in [0.05, 0.1) is 11.4 Å². The highest BCUT2D eigenvalue weighted by Gasteiger charge is 2.04. The van der Waals surface area contributed by atoms with Crippen LogP contribution in [-0.2, 0) is 0 Å². The molecule has 0 spiro atoms. The van der Waals surface area contributed by atoms with E-state index in [1.165, 1.54) is 17.0 Å². The molecule has 0 radical (unpaired) electrons. The highest BCUT2D eigenvalue weighted by Crippen LogP contribution is 2.04. The summed E-state index contributed by atoms with van der Waals surface area (Å²) in [5, 5.41) is 0. The number of anilines is 1. The minimum atomic E-state index is -0.294. The van der Waals surface area contributed by atoms with Crippen LogP contribution in [0.25, 0.3) is 5.70 Å². The first-order valence-corrected chi connectivity index (χ1v) is 4.43. The summed E-state index contributed by atoms with van der Waals surface area (Å²) in [6.45, 7) is 1.85. The summed E-state index contributed by atoms with van der Waals surface area (Å²) >= 11 is 0. The molecular formula is C10H14N4O. The van der Waals surface area contributed by atoms with Crippen molar-refractivity contribution in [2.45, 2.75) is 6.92 Å². The van der Waals surface area contributed by atoms with Gasteiger partial charge in [-0.3, -0.25) is 14.4 Å². The Balaban J connectivity index is 3.43. The number of pyridine rings is 1. The maximum absolute atomic E-state index is 11.7. The molecule has 0 amide bonds. The van der Waals surface area contributed by atoms with Crippen LogP contribution in [0.15, 0.2) is 28.3 Å². The van der Waals surface area contributed by atoms with Crippen LogP contribution >= 0.6 is 0 Å². The van der Waals surface area contributed by atoms with Crippen molar-refractivity contribution in [1.29, 1.82) is 0 Å². The standard InChI is InChI=1S/C10H14N4O/c1-7-3-9(12)10(15)14(6-7)8(4-11)5-13-2/h3-6H,11-12H2,1-2H3. The van der Waals surface area contributed by atoms with Crippen LogP contribution in [0.5, 0.6) is 0 Å². The number of aliphatic imine (C=N–C) groups is 1. The van der Waals surface area contributed by atoms with E-state index < -0.39 is 0 Å². The van der Waals surface area contributed by atoms with Gasteiger partial charge in [0.1, 0.15) is 0 Å². The third-order valence-electron chi connectivity index (χ3n) is 1.89. The summed E-state index contributed by atoms with van der Waals surface area (Å²) in [5.41, 5.74) is 12.3. The normalized spacial score (nSPS) is 12.3. The van der Waals surface area contributed by atoms with Crippen molar-refractivity contribution in [3.63, 3.8) is 0 Å². The van der Waals surface area contributed by atoms with E-state index in [1.807, 2.05) is 6.92 Å². The van der Waals surface area contributed by atoms with Gasteiger partial charge in [-0.15, -0.1) is 0 Å². The minimum Gasteiger partial charge on any atom is -0.403 e. The molecule has 0 atom stereocenters. The quantitative estimate of drug-likeness (QED) is 0.677. The fraction of sp³-hybridized carbons (Fsp3) is 0.200. The highest BCUT2D eigenvalue weighted by molar-refractivity contribution is 6.02. The number of nitrogens with zero attached hydrogens (tertiary/aromatic N) is 2. The zero-order chi connectivity index (χ0) is 11.4. The van der Waals surface area contributed by atoms with Crippen LogP contribution in [0, 0.1) is 6.92 Å². The second-order valence-electron chi connectivity index (χ2n) is 3.13. The fourth-order valence-electron chi connectivity index (χ4n) is 1.26. The largest absolute Gasteiger partial charge is 0.403 e. The zero-order valence-corrected chi connectivity index (χ0v) is 8.77. The summed E-state index contributed by atoms with van der Waals surface area (Å²) < 4.78 is 1.37. The molecule has 5 nitrogen and oxygen atoms in total. The molecule has 1 aromatic heterocycles. The molecule has 0 aliphatic rings. The van der Waals surface area contributed by atoms with E-state index in [4.69, 9.17) is 11.5 Å². The molecule has 0 aliphatic carbocycles. The van der Waals surface area contributed by atoms with Crippen LogP contribution in [0.4, 0.5) is 5.69 Å². The summed E-state index contributed by atoms with van der Waals surface area (Å²) in [4.78, 5) is 15.5. The molecule has 0 bridgehead atoms. The Labute approximate surface area is 87.7 Å². The Bertz CT molecular complexity index is 471. The van der Waals surface area contributed by atoms with E-state index >= 15 is 0 Å². The SMILES string of the molecule is CN=CC(=CN)n1cc(C)cc(N)c1=O. The third-order valence-corrected chi connectivity index (χ3v) is 1.89. The van der Waals surface area contributed by atoms with E-state index in [2.05, 4.69) is 4.99 Å². The third kappa shape index (κ3) is 2.25. The van der Waals surface area contributed by atoms with E-state index in [0.717, 1.165) is 5.56 Å². The lowest BCUT2D eigenvalue weighted by Crippen LogP contribution is -2.23. The van der Waals surface area contributed by atoms with Crippen LogP contribution in [0.3, 0.4) is 0 Å². The molecule has 1 aromatic rings. The van der Waals surface area contributed by atoms with Gasteiger partial charge in [-0.2, -0.15) is 0 Å². The number of nitrogen functional groups attached to an aromatic ring is 1. The van der Waals surface area contributed by atoms with Crippen LogP contribution in [0.2, 0.25) is 0 Å². The highest BCUT2D eigenvalue weighted by atomic mass is 16.1.